The number of fused-ring (bicyclic) bond motifs is 1. The van der Waals surface area contributed by atoms with Crippen molar-refractivity contribution in [3.8, 4) is 0 Å². The number of nitro benzene ring substituents is 1. The minimum atomic E-state index is -0.623. The van der Waals surface area contributed by atoms with Gasteiger partial charge in [0.2, 0.25) is 0 Å². The molecule has 0 saturated carbocycles. The number of aryl methyl sites for hydroxylation is 1. The molecule has 0 saturated heterocycles. The number of ketones is 1. The van der Waals surface area contributed by atoms with Crippen LogP contribution in [0, 0.1) is 17.0 Å². The second-order valence-corrected chi connectivity index (χ2v) is 6.14. The van der Waals surface area contributed by atoms with Crippen molar-refractivity contribution in [3.05, 3.63) is 86.7 Å². The molecule has 1 aliphatic heterocycles. The number of amides is 2. The smallest absolute Gasteiger partial charge is 0.270 e. The molecule has 0 N–H and O–H groups in total. The Kier molecular flexibility index (Phi) is 3.85. The molecule has 0 radical (unpaired) electrons. The maximum absolute atomic E-state index is 12.7. The lowest BCUT2D eigenvalue weighted by molar-refractivity contribution is -0.384. The average Bonchev–Trinajstić information content (AvgIpc) is 3.22. The fourth-order valence-corrected chi connectivity index (χ4v) is 2.98. The van der Waals surface area contributed by atoms with Crippen molar-refractivity contribution in [3.63, 3.8) is 0 Å². The summed E-state index contributed by atoms with van der Waals surface area (Å²) >= 11 is 0. The van der Waals surface area contributed by atoms with Crippen LogP contribution in [-0.2, 0) is 0 Å². The van der Waals surface area contributed by atoms with Gasteiger partial charge in [-0.25, -0.2) is 4.90 Å². The van der Waals surface area contributed by atoms with E-state index in [1.165, 1.54) is 42.5 Å². The van der Waals surface area contributed by atoms with Crippen LogP contribution in [0.15, 0.2) is 53.1 Å². The number of nitrogens with zero attached hydrogens (tertiary/aromatic N) is 3. The molecule has 9 heteroatoms. The summed E-state index contributed by atoms with van der Waals surface area (Å²) in [5.74, 6) is -1.18. The van der Waals surface area contributed by atoms with E-state index in [9.17, 15) is 24.5 Å². The molecule has 1 aromatic heterocycles. The van der Waals surface area contributed by atoms with Gasteiger partial charge in [-0.1, -0.05) is 23.4 Å². The van der Waals surface area contributed by atoms with Gasteiger partial charge in [0.05, 0.1) is 16.1 Å². The van der Waals surface area contributed by atoms with E-state index in [0.29, 0.717) is 5.76 Å². The molecule has 0 fully saturated rings. The van der Waals surface area contributed by atoms with Crippen molar-refractivity contribution in [1.82, 2.24) is 5.16 Å². The number of hydrogen-bond donors (Lipinski definition) is 0. The Morgan fingerprint density at radius 3 is 2.43 bits per heavy atom. The third-order valence-electron chi connectivity index (χ3n) is 4.31. The number of aromatic nitrogens is 1. The number of benzene rings is 2. The summed E-state index contributed by atoms with van der Waals surface area (Å²) in [7, 11) is 0. The summed E-state index contributed by atoms with van der Waals surface area (Å²) in [6.07, 6.45) is 0. The average molecular weight is 377 g/mol. The second-order valence-electron chi connectivity index (χ2n) is 6.14. The predicted octanol–water partition coefficient (Wildman–Crippen LogP) is 2.92. The normalized spacial score (nSPS) is 13.0. The lowest BCUT2D eigenvalue weighted by Crippen LogP contribution is -2.29. The van der Waals surface area contributed by atoms with Crippen molar-refractivity contribution in [2.75, 3.05) is 4.90 Å². The Hall–Kier alpha value is -4.14. The zero-order chi connectivity index (χ0) is 20.0. The molecule has 28 heavy (non-hydrogen) atoms. The minimum absolute atomic E-state index is 0.0573. The third-order valence-corrected chi connectivity index (χ3v) is 4.31. The number of carbonyl (C=O) groups is 3. The van der Waals surface area contributed by atoms with Crippen LogP contribution in [0.4, 0.5) is 11.5 Å². The van der Waals surface area contributed by atoms with Gasteiger partial charge in [0.15, 0.2) is 11.6 Å². The van der Waals surface area contributed by atoms with Gasteiger partial charge >= 0.3 is 0 Å². The zero-order valence-corrected chi connectivity index (χ0v) is 14.4. The van der Waals surface area contributed by atoms with Gasteiger partial charge in [0.25, 0.3) is 17.5 Å². The minimum Gasteiger partial charge on any atom is -0.360 e. The number of non-ortho nitro benzene ring substituents is 1. The highest BCUT2D eigenvalue weighted by atomic mass is 16.6. The fourth-order valence-electron chi connectivity index (χ4n) is 2.98. The molecule has 0 unspecified atom stereocenters. The molecule has 0 bridgehead atoms. The number of anilines is 1. The van der Waals surface area contributed by atoms with Crippen LogP contribution in [0.3, 0.4) is 0 Å². The highest BCUT2D eigenvalue weighted by Gasteiger charge is 2.38. The highest BCUT2D eigenvalue weighted by Crippen LogP contribution is 2.29. The molecule has 4 rings (SSSR count). The molecule has 0 spiro atoms. The topological polar surface area (TPSA) is 124 Å². The maximum Gasteiger partial charge on any atom is 0.270 e. The lowest BCUT2D eigenvalue weighted by Gasteiger charge is -2.07. The molecule has 3 aromatic rings. The van der Waals surface area contributed by atoms with Crippen molar-refractivity contribution in [1.29, 1.82) is 0 Å². The Balaban J connectivity index is 1.71. The van der Waals surface area contributed by atoms with Crippen LogP contribution >= 0.6 is 0 Å². The summed E-state index contributed by atoms with van der Waals surface area (Å²) in [4.78, 5) is 49.1. The predicted molar refractivity (Wildman–Crippen MR) is 95.4 cm³/mol. The zero-order valence-electron chi connectivity index (χ0n) is 14.4. The van der Waals surface area contributed by atoms with Gasteiger partial charge in [-0.3, -0.25) is 24.5 Å². The van der Waals surface area contributed by atoms with Gasteiger partial charge in [0.1, 0.15) is 5.76 Å². The van der Waals surface area contributed by atoms with E-state index in [1.54, 1.807) is 6.92 Å². The number of imide groups is 1. The van der Waals surface area contributed by atoms with E-state index >= 15 is 0 Å². The summed E-state index contributed by atoms with van der Waals surface area (Å²) < 4.78 is 4.92. The van der Waals surface area contributed by atoms with E-state index in [-0.39, 0.29) is 33.8 Å². The van der Waals surface area contributed by atoms with Crippen LogP contribution in [0.2, 0.25) is 0 Å². The molecule has 1 aliphatic rings. The van der Waals surface area contributed by atoms with Crippen molar-refractivity contribution in [2.24, 2.45) is 0 Å². The Labute approximate surface area is 157 Å². The van der Waals surface area contributed by atoms with E-state index < -0.39 is 22.5 Å². The van der Waals surface area contributed by atoms with Gasteiger partial charge in [-0.2, -0.15) is 0 Å². The van der Waals surface area contributed by atoms with E-state index in [4.69, 9.17) is 4.52 Å². The van der Waals surface area contributed by atoms with E-state index in [1.807, 2.05) is 0 Å². The number of hydrogen-bond acceptors (Lipinski definition) is 7. The first kappa shape index (κ1) is 17.3. The highest BCUT2D eigenvalue weighted by molar-refractivity contribution is 6.34. The molecule has 2 aromatic carbocycles. The molecular formula is C19H11N3O6. The number of carbonyl (C=O) groups excluding carboxylic acids is 3. The van der Waals surface area contributed by atoms with Crippen molar-refractivity contribution < 1.29 is 23.8 Å². The summed E-state index contributed by atoms with van der Waals surface area (Å²) in [6.45, 7) is 1.63. The molecule has 2 heterocycles. The number of rotatable bonds is 4. The first-order chi connectivity index (χ1) is 13.4. The standard InChI is InChI=1S/C19H11N3O6/c1-10-7-16(20-28-10)21-18(24)14-6-5-12(9-15(14)19(21)25)17(23)11-3-2-4-13(8-11)22(26)27/h2-9H,1H3. The summed E-state index contributed by atoms with van der Waals surface area (Å²) in [5.41, 5.74) is 0.225. The Morgan fingerprint density at radius 2 is 1.75 bits per heavy atom. The molecule has 2 amide bonds. The third kappa shape index (κ3) is 2.65. The van der Waals surface area contributed by atoms with E-state index in [2.05, 4.69) is 5.16 Å². The molecule has 9 nitrogen and oxygen atoms in total. The maximum atomic E-state index is 12.7. The quantitative estimate of drug-likeness (QED) is 0.296. The lowest BCUT2D eigenvalue weighted by atomic mass is 9.99. The van der Waals surface area contributed by atoms with Crippen molar-refractivity contribution >= 4 is 29.1 Å². The van der Waals surface area contributed by atoms with Crippen LogP contribution in [-0.4, -0.2) is 27.7 Å². The number of nitro groups is 1. The first-order valence-electron chi connectivity index (χ1n) is 8.12. The monoisotopic (exact) mass is 377 g/mol. The fraction of sp³-hybridized carbons (Fsp3) is 0.0526. The summed E-state index contributed by atoms with van der Waals surface area (Å²) in [5, 5.41) is 14.6. The van der Waals surface area contributed by atoms with Gasteiger partial charge in [-0.05, 0) is 19.1 Å². The molecular weight excluding hydrogens is 366 g/mol. The molecule has 138 valence electrons. The Bertz CT molecular complexity index is 1180. The Morgan fingerprint density at radius 1 is 1.04 bits per heavy atom. The summed E-state index contributed by atoms with van der Waals surface area (Å²) in [6, 6.07) is 10.8. The van der Waals surface area contributed by atoms with Gasteiger partial charge < -0.3 is 4.52 Å². The van der Waals surface area contributed by atoms with Gasteiger partial charge in [-0.15, -0.1) is 0 Å². The van der Waals surface area contributed by atoms with Crippen molar-refractivity contribution in [2.45, 2.75) is 6.92 Å². The van der Waals surface area contributed by atoms with E-state index in [0.717, 1.165) is 11.0 Å². The second kappa shape index (κ2) is 6.23. The van der Waals surface area contributed by atoms with Crippen LogP contribution in [0.25, 0.3) is 0 Å². The van der Waals surface area contributed by atoms with Crippen LogP contribution < -0.4 is 4.90 Å². The molecule has 0 atom stereocenters. The van der Waals surface area contributed by atoms with Gasteiger partial charge in [0, 0.05) is 29.3 Å². The first-order valence-corrected chi connectivity index (χ1v) is 8.12. The van der Waals surface area contributed by atoms with Crippen LogP contribution in [0.5, 0.6) is 0 Å². The largest absolute Gasteiger partial charge is 0.360 e. The molecule has 0 aliphatic carbocycles. The SMILES string of the molecule is Cc1cc(N2C(=O)c3ccc(C(=O)c4cccc([N+](=O)[O-])c4)cc3C2=O)no1. The van der Waals surface area contributed by atoms with Crippen LogP contribution in [0.1, 0.15) is 42.4 Å².